The number of phenolic OH excluding ortho intramolecular Hbond substituents is 1. The minimum Gasteiger partial charge on any atom is -0.505 e. The van der Waals surface area contributed by atoms with Gasteiger partial charge in [-0.05, 0) is 38.1 Å². The highest BCUT2D eigenvalue weighted by Gasteiger charge is 2.06. The van der Waals surface area contributed by atoms with Gasteiger partial charge in [0.1, 0.15) is 0 Å². The molecule has 0 aliphatic rings. The van der Waals surface area contributed by atoms with Crippen LogP contribution in [0.25, 0.3) is 5.69 Å². The van der Waals surface area contributed by atoms with Crippen LogP contribution in [0.1, 0.15) is 11.4 Å². The molecule has 0 spiro atoms. The summed E-state index contributed by atoms with van der Waals surface area (Å²) in [5, 5.41) is 9.10. The van der Waals surface area contributed by atoms with Crippen LogP contribution in [0.5, 0.6) is 5.75 Å². The van der Waals surface area contributed by atoms with Crippen LogP contribution in [0, 0.1) is 19.7 Å². The maximum absolute atomic E-state index is 13.2. The molecule has 0 unspecified atom stereocenters. The van der Waals surface area contributed by atoms with Gasteiger partial charge >= 0.3 is 0 Å². The highest BCUT2D eigenvalue weighted by atomic mass is 19.1. The van der Waals surface area contributed by atoms with Gasteiger partial charge in [-0.15, -0.1) is 0 Å². The van der Waals surface area contributed by atoms with E-state index in [0.717, 1.165) is 17.1 Å². The van der Waals surface area contributed by atoms with E-state index in [0.29, 0.717) is 0 Å². The second-order valence-corrected chi connectivity index (χ2v) is 3.59. The van der Waals surface area contributed by atoms with Crippen LogP contribution < -0.4 is 0 Å². The number of hydrogen-bond donors (Lipinski definition) is 1. The second kappa shape index (κ2) is 3.42. The fourth-order valence-corrected chi connectivity index (χ4v) is 1.71. The van der Waals surface area contributed by atoms with Gasteiger partial charge in [0.05, 0.1) is 0 Å². The molecule has 15 heavy (non-hydrogen) atoms. The minimum absolute atomic E-state index is 0.318. The van der Waals surface area contributed by atoms with E-state index in [9.17, 15) is 4.39 Å². The molecule has 0 amide bonds. The summed E-state index contributed by atoms with van der Waals surface area (Å²) in [6.07, 6.45) is 0. The molecule has 0 saturated carbocycles. The molecule has 0 saturated heterocycles. The number of nitrogens with zero attached hydrogens (tertiary/aromatic N) is 1. The lowest BCUT2D eigenvalue weighted by molar-refractivity contribution is 0.432. The number of aromatic nitrogens is 1. The molecule has 3 heteroatoms. The third-order valence-electron chi connectivity index (χ3n) is 2.46. The first kappa shape index (κ1) is 9.77. The van der Waals surface area contributed by atoms with Crippen molar-refractivity contribution in [2.24, 2.45) is 0 Å². The summed E-state index contributed by atoms with van der Waals surface area (Å²) in [5.41, 5.74) is 2.81. The fourth-order valence-electron chi connectivity index (χ4n) is 1.71. The Bertz CT molecular complexity index is 483. The molecule has 2 nitrogen and oxygen atoms in total. The molecule has 0 aliphatic carbocycles. The first-order valence-electron chi connectivity index (χ1n) is 4.73. The molecule has 78 valence electrons. The number of phenols is 1. The van der Waals surface area contributed by atoms with Gasteiger partial charge in [-0.25, -0.2) is 4.39 Å². The zero-order valence-electron chi connectivity index (χ0n) is 8.66. The number of aromatic hydroxyl groups is 1. The van der Waals surface area contributed by atoms with E-state index in [-0.39, 0.29) is 5.75 Å². The first-order chi connectivity index (χ1) is 7.09. The quantitative estimate of drug-likeness (QED) is 0.760. The van der Waals surface area contributed by atoms with Gasteiger partial charge in [-0.3, -0.25) is 0 Å². The van der Waals surface area contributed by atoms with E-state index in [1.807, 2.05) is 30.5 Å². The van der Waals surface area contributed by atoms with E-state index in [1.54, 1.807) is 6.07 Å². The molecule has 0 radical (unpaired) electrons. The number of benzene rings is 1. The van der Waals surface area contributed by atoms with Crippen LogP contribution >= 0.6 is 0 Å². The van der Waals surface area contributed by atoms with Gasteiger partial charge in [0, 0.05) is 23.1 Å². The monoisotopic (exact) mass is 205 g/mol. The summed E-state index contributed by atoms with van der Waals surface area (Å²) >= 11 is 0. The number of halogens is 1. The minimum atomic E-state index is -0.597. The van der Waals surface area contributed by atoms with E-state index in [2.05, 4.69) is 0 Å². The van der Waals surface area contributed by atoms with Crippen molar-refractivity contribution in [3.8, 4) is 11.4 Å². The van der Waals surface area contributed by atoms with Crippen molar-refractivity contribution in [2.45, 2.75) is 13.8 Å². The van der Waals surface area contributed by atoms with Crippen molar-refractivity contribution in [3.63, 3.8) is 0 Å². The SMILES string of the molecule is Cc1ccc(C)n1-c1ccc(O)c(F)c1. The Kier molecular flexibility index (Phi) is 2.23. The van der Waals surface area contributed by atoms with Crippen LogP contribution in [0.4, 0.5) is 4.39 Å². The van der Waals surface area contributed by atoms with Crippen molar-refractivity contribution in [3.05, 3.63) is 47.5 Å². The van der Waals surface area contributed by atoms with E-state index >= 15 is 0 Å². The standard InChI is InChI=1S/C12H12FNO/c1-8-3-4-9(2)14(8)10-5-6-12(15)11(13)7-10/h3-7,15H,1-2H3. The van der Waals surface area contributed by atoms with Crippen LogP contribution in [-0.4, -0.2) is 9.67 Å². The van der Waals surface area contributed by atoms with Gasteiger partial charge in [0.15, 0.2) is 11.6 Å². The highest BCUT2D eigenvalue weighted by molar-refractivity contribution is 5.41. The summed E-state index contributed by atoms with van der Waals surface area (Å²) in [6.45, 7) is 3.91. The smallest absolute Gasteiger partial charge is 0.166 e. The van der Waals surface area contributed by atoms with Crippen LogP contribution in [0.15, 0.2) is 30.3 Å². The maximum Gasteiger partial charge on any atom is 0.166 e. The Morgan fingerprint density at radius 3 is 2.20 bits per heavy atom. The highest BCUT2D eigenvalue weighted by Crippen LogP contribution is 2.21. The molecule has 1 N–H and O–H groups in total. The predicted molar refractivity (Wildman–Crippen MR) is 56.9 cm³/mol. The summed E-state index contributed by atoms with van der Waals surface area (Å²) in [5.74, 6) is -0.916. The normalized spacial score (nSPS) is 10.6. The molecule has 1 aromatic heterocycles. The maximum atomic E-state index is 13.2. The second-order valence-electron chi connectivity index (χ2n) is 3.59. The summed E-state index contributed by atoms with van der Waals surface area (Å²) in [6, 6.07) is 8.33. The number of aryl methyl sites for hydroxylation is 2. The van der Waals surface area contributed by atoms with Gasteiger partial charge in [-0.1, -0.05) is 0 Å². The molecule has 1 aromatic carbocycles. The van der Waals surface area contributed by atoms with E-state index in [4.69, 9.17) is 5.11 Å². The van der Waals surface area contributed by atoms with E-state index < -0.39 is 5.82 Å². The van der Waals surface area contributed by atoms with Crippen molar-refractivity contribution in [1.82, 2.24) is 4.57 Å². The molecular formula is C12H12FNO. The summed E-state index contributed by atoms with van der Waals surface area (Å²) in [4.78, 5) is 0. The molecule has 0 aliphatic heterocycles. The average Bonchev–Trinajstić information content (AvgIpc) is 2.52. The Hall–Kier alpha value is -1.77. The first-order valence-corrected chi connectivity index (χ1v) is 4.73. The predicted octanol–water partition coefficient (Wildman–Crippen LogP) is 2.94. The van der Waals surface area contributed by atoms with Crippen LogP contribution in [-0.2, 0) is 0 Å². The summed E-state index contributed by atoms with van der Waals surface area (Å²) < 4.78 is 15.1. The molecule has 1 heterocycles. The summed E-state index contributed by atoms with van der Waals surface area (Å²) in [7, 11) is 0. The number of hydrogen-bond acceptors (Lipinski definition) is 1. The lowest BCUT2D eigenvalue weighted by atomic mass is 10.2. The van der Waals surface area contributed by atoms with E-state index in [1.165, 1.54) is 12.1 Å². The lowest BCUT2D eigenvalue weighted by Gasteiger charge is -2.09. The van der Waals surface area contributed by atoms with Gasteiger partial charge in [0.25, 0.3) is 0 Å². The molecular weight excluding hydrogens is 193 g/mol. The molecule has 2 rings (SSSR count). The third-order valence-corrected chi connectivity index (χ3v) is 2.46. The van der Waals surface area contributed by atoms with Gasteiger partial charge in [0.2, 0.25) is 0 Å². The molecule has 0 bridgehead atoms. The molecule has 0 atom stereocenters. The Morgan fingerprint density at radius 2 is 1.67 bits per heavy atom. The topological polar surface area (TPSA) is 25.2 Å². The zero-order valence-corrected chi connectivity index (χ0v) is 8.66. The third kappa shape index (κ3) is 1.61. The Morgan fingerprint density at radius 1 is 1.07 bits per heavy atom. The van der Waals surface area contributed by atoms with Crippen molar-refractivity contribution >= 4 is 0 Å². The Balaban J connectivity index is 2.59. The Labute approximate surface area is 87.6 Å². The van der Waals surface area contributed by atoms with Gasteiger partial charge in [-0.2, -0.15) is 0 Å². The fraction of sp³-hybridized carbons (Fsp3) is 0.167. The van der Waals surface area contributed by atoms with Crippen molar-refractivity contribution in [2.75, 3.05) is 0 Å². The van der Waals surface area contributed by atoms with Gasteiger partial charge < -0.3 is 9.67 Å². The van der Waals surface area contributed by atoms with Crippen molar-refractivity contribution < 1.29 is 9.50 Å². The average molecular weight is 205 g/mol. The lowest BCUT2D eigenvalue weighted by Crippen LogP contribution is -1.98. The van der Waals surface area contributed by atoms with Crippen molar-refractivity contribution in [1.29, 1.82) is 0 Å². The molecule has 0 fully saturated rings. The van der Waals surface area contributed by atoms with Crippen LogP contribution in [0.2, 0.25) is 0 Å². The zero-order chi connectivity index (χ0) is 11.0. The molecule has 2 aromatic rings. The number of rotatable bonds is 1. The van der Waals surface area contributed by atoms with Crippen LogP contribution in [0.3, 0.4) is 0 Å². The largest absolute Gasteiger partial charge is 0.505 e.